The summed E-state index contributed by atoms with van der Waals surface area (Å²) >= 11 is 0. The number of hydrogen-bond donors (Lipinski definition) is 0. The Morgan fingerprint density at radius 2 is 1.55 bits per heavy atom. The molecule has 0 radical (unpaired) electrons. The Balaban J connectivity index is 1.65. The molecule has 5 rings (SSSR count). The fraction of sp³-hybridized carbons (Fsp3) is 0.167. The molecule has 5 nitrogen and oxygen atoms in total. The molecule has 0 spiro atoms. The first-order chi connectivity index (χ1) is 14.3. The van der Waals surface area contributed by atoms with Crippen LogP contribution in [0.1, 0.15) is 0 Å². The number of nitrogens with zero attached hydrogens (tertiary/aromatic N) is 3. The SMILES string of the molecule is O=c1cc(N2CCOCC2)nc2c(-c3cccc(-c4ccccc4)c3)cccn12. The zero-order valence-corrected chi connectivity index (χ0v) is 16.0. The minimum Gasteiger partial charge on any atom is -0.378 e. The molecule has 29 heavy (non-hydrogen) atoms. The van der Waals surface area contributed by atoms with E-state index in [-0.39, 0.29) is 5.56 Å². The predicted octanol–water partition coefficient (Wildman–Crippen LogP) is 3.87. The molecule has 0 N–H and O–H groups in total. The largest absolute Gasteiger partial charge is 0.378 e. The van der Waals surface area contributed by atoms with Gasteiger partial charge in [0.2, 0.25) is 0 Å². The van der Waals surface area contributed by atoms with E-state index in [9.17, 15) is 4.79 Å². The fourth-order valence-corrected chi connectivity index (χ4v) is 3.79. The van der Waals surface area contributed by atoms with E-state index < -0.39 is 0 Å². The monoisotopic (exact) mass is 383 g/mol. The van der Waals surface area contributed by atoms with E-state index in [1.165, 1.54) is 0 Å². The van der Waals surface area contributed by atoms with Crippen LogP contribution in [0.3, 0.4) is 0 Å². The van der Waals surface area contributed by atoms with Crippen LogP contribution in [0.5, 0.6) is 0 Å². The standard InChI is InChI=1S/C24H21N3O2/c28-23-17-22(26-12-14-29-15-13-26)25-24-21(10-5-11-27(23)24)20-9-4-8-19(16-20)18-6-2-1-3-7-18/h1-11,16-17H,12-15H2. The van der Waals surface area contributed by atoms with E-state index in [0.29, 0.717) is 24.7 Å². The molecule has 0 amide bonds. The van der Waals surface area contributed by atoms with Crippen molar-refractivity contribution in [2.75, 3.05) is 31.2 Å². The van der Waals surface area contributed by atoms with Crippen molar-refractivity contribution in [2.24, 2.45) is 0 Å². The Morgan fingerprint density at radius 1 is 0.793 bits per heavy atom. The molecule has 0 saturated carbocycles. The van der Waals surface area contributed by atoms with E-state index in [2.05, 4.69) is 35.2 Å². The van der Waals surface area contributed by atoms with Crippen molar-refractivity contribution in [2.45, 2.75) is 0 Å². The summed E-state index contributed by atoms with van der Waals surface area (Å²) in [5.41, 5.74) is 4.88. The molecule has 4 aromatic rings. The van der Waals surface area contributed by atoms with Crippen LogP contribution in [0.15, 0.2) is 83.8 Å². The lowest BCUT2D eigenvalue weighted by Crippen LogP contribution is -2.37. The molecule has 0 aliphatic carbocycles. The minimum atomic E-state index is -0.0717. The van der Waals surface area contributed by atoms with Gasteiger partial charge < -0.3 is 9.64 Å². The van der Waals surface area contributed by atoms with Gasteiger partial charge in [0.25, 0.3) is 5.56 Å². The summed E-state index contributed by atoms with van der Waals surface area (Å²) < 4.78 is 7.05. The first kappa shape index (κ1) is 17.6. The maximum Gasteiger partial charge on any atom is 0.259 e. The van der Waals surface area contributed by atoms with Gasteiger partial charge in [-0.2, -0.15) is 0 Å². The number of hydrogen-bond acceptors (Lipinski definition) is 4. The highest BCUT2D eigenvalue weighted by Crippen LogP contribution is 2.28. The average molecular weight is 383 g/mol. The molecule has 3 heterocycles. The molecule has 1 fully saturated rings. The first-order valence-corrected chi connectivity index (χ1v) is 9.80. The minimum absolute atomic E-state index is 0.0717. The van der Waals surface area contributed by atoms with Gasteiger partial charge >= 0.3 is 0 Å². The van der Waals surface area contributed by atoms with Crippen LogP contribution in [-0.2, 0) is 4.74 Å². The van der Waals surface area contributed by atoms with Crippen LogP contribution in [0.4, 0.5) is 5.82 Å². The number of anilines is 1. The van der Waals surface area contributed by atoms with Crippen LogP contribution in [-0.4, -0.2) is 35.7 Å². The third kappa shape index (κ3) is 3.41. The highest BCUT2D eigenvalue weighted by atomic mass is 16.5. The van der Waals surface area contributed by atoms with Gasteiger partial charge in [-0.15, -0.1) is 0 Å². The fourth-order valence-electron chi connectivity index (χ4n) is 3.79. The molecule has 2 aromatic heterocycles. The molecule has 0 unspecified atom stereocenters. The molecule has 0 bridgehead atoms. The van der Waals surface area contributed by atoms with Crippen molar-refractivity contribution in [1.29, 1.82) is 0 Å². The molecular weight excluding hydrogens is 362 g/mol. The summed E-state index contributed by atoms with van der Waals surface area (Å²) in [6, 6.07) is 24.2. The Hall–Kier alpha value is -3.44. The Morgan fingerprint density at radius 3 is 2.38 bits per heavy atom. The number of morpholine rings is 1. The summed E-state index contributed by atoms with van der Waals surface area (Å²) in [7, 11) is 0. The van der Waals surface area contributed by atoms with Gasteiger partial charge in [0.1, 0.15) is 11.5 Å². The number of ether oxygens (including phenoxy) is 1. The zero-order valence-electron chi connectivity index (χ0n) is 16.0. The van der Waals surface area contributed by atoms with Gasteiger partial charge in [-0.25, -0.2) is 4.98 Å². The predicted molar refractivity (Wildman–Crippen MR) is 115 cm³/mol. The quantitative estimate of drug-likeness (QED) is 0.539. The lowest BCUT2D eigenvalue weighted by Gasteiger charge is -2.27. The average Bonchev–Trinajstić information content (AvgIpc) is 2.80. The third-order valence-electron chi connectivity index (χ3n) is 5.29. The molecule has 144 valence electrons. The topological polar surface area (TPSA) is 46.8 Å². The van der Waals surface area contributed by atoms with Crippen molar-refractivity contribution < 1.29 is 4.74 Å². The Labute approximate surface area is 168 Å². The lowest BCUT2D eigenvalue weighted by molar-refractivity contribution is 0.122. The van der Waals surface area contributed by atoms with Gasteiger partial charge in [-0.3, -0.25) is 9.20 Å². The van der Waals surface area contributed by atoms with Crippen molar-refractivity contribution in [3.63, 3.8) is 0 Å². The van der Waals surface area contributed by atoms with Crippen LogP contribution >= 0.6 is 0 Å². The van der Waals surface area contributed by atoms with E-state index in [4.69, 9.17) is 9.72 Å². The van der Waals surface area contributed by atoms with Gasteiger partial charge in [-0.1, -0.05) is 48.5 Å². The first-order valence-electron chi connectivity index (χ1n) is 9.80. The van der Waals surface area contributed by atoms with Gasteiger partial charge in [0.05, 0.1) is 13.2 Å². The maximum atomic E-state index is 12.8. The van der Waals surface area contributed by atoms with E-state index >= 15 is 0 Å². The summed E-state index contributed by atoms with van der Waals surface area (Å²) in [5, 5.41) is 0. The van der Waals surface area contributed by atoms with E-state index in [1.54, 1.807) is 16.7 Å². The Kier molecular flexibility index (Phi) is 4.58. The zero-order chi connectivity index (χ0) is 19.6. The molecule has 1 saturated heterocycles. The second kappa shape index (κ2) is 7.53. The number of aromatic nitrogens is 2. The van der Waals surface area contributed by atoms with Crippen molar-refractivity contribution in [1.82, 2.24) is 9.38 Å². The second-order valence-electron chi connectivity index (χ2n) is 7.11. The Bertz CT molecular complexity index is 1210. The lowest BCUT2D eigenvalue weighted by atomic mass is 9.99. The third-order valence-corrected chi connectivity index (χ3v) is 5.29. The molecule has 5 heteroatoms. The number of rotatable bonds is 3. The summed E-state index contributed by atoms with van der Waals surface area (Å²) in [5.74, 6) is 0.713. The van der Waals surface area contributed by atoms with Crippen LogP contribution < -0.4 is 10.5 Å². The normalized spacial score (nSPS) is 14.3. The van der Waals surface area contributed by atoms with Gasteiger partial charge in [-0.05, 0) is 34.9 Å². The molecule has 2 aromatic carbocycles. The molecular formula is C24H21N3O2. The highest BCUT2D eigenvalue weighted by molar-refractivity contribution is 5.81. The number of pyridine rings is 1. The second-order valence-corrected chi connectivity index (χ2v) is 7.11. The molecule has 1 aliphatic heterocycles. The van der Waals surface area contributed by atoms with E-state index in [1.807, 2.05) is 36.4 Å². The summed E-state index contributed by atoms with van der Waals surface area (Å²) in [4.78, 5) is 19.8. The van der Waals surface area contributed by atoms with E-state index in [0.717, 1.165) is 35.3 Å². The highest BCUT2D eigenvalue weighted by Gasteiger charge is 2.16. The van der Waals surface area contributed by atoms with Crippen LogP contribution in [0.25, 0.3) is 27.9 Å². The smallest absolute Gasteiger partial charge is 0.259 e. The summed E-state index contributed by atoms with van der Waals surface area (Å²) in [6.45, 7) is 2.80. The van der Waals surface area contributed by atoms with Crippen molar-refractivity contribution >= 4 is 11.5 Å². The summed E-state index contributed by atoms with van der Waals surface area (Å²) in [6.07, 6.45) is 1.78. The van der Waals surface area contributed by atoms with Gasteiger partial charge in [0.15, 0.2) is 0 Å². The van der Waals surface area contributed by atoms with Crippen molar-refractivity contribution in [3.8, 4) is 22.3 Å². The van der Waals surface area contributed by atoms with Crippen LogP contribution in [0.2, 0.25) is 0 Å². The van der Waals surface area contributed by atoms with Crippen LogP contribution in [0, 0.1) is 0 Å². The van der Waals surface area contributed by atoms with Gasteiger partial charge in [0, 0.05) is 30.9 Å². The number of benzene rings is 2. The maximum absolute atomic E-state index is 12.8. The van der Waals surface area contributed by atoms with Crippen molar-refractivity contribution in [3.05, 3.63) is 89.3 Å². The number of fused-ring (bicyclic) bond motifs is 1. The molecule has 1 aliphatic rings. The molecule has 0 atom stereocenters.